The van der Waals surface area contributed by atoms with Crippen LogP contribution in [0.4, 0.5) is 0 Å². The van der Waals surface area contributed by atoms with E-state index in [1.54, 1.807) is 6.26 Å². The third kappa shape index (κ3) is 4.32. The highest BCUT2D eigenvalue weighted by atomic mass is 16.7. The smallest absolute Gasteiger partial charge is 0.228 e. The van der Waals surface area contributed by atoms with Gasteiger partial charge in [0.05, 0.1) is 19.5 Å². The van der Waals surface area contributed by atoms with E-state index in [9.17, 15) is 30.6 Å². The highest BCUT2D eigenvalue weighted by Crippen LogP contribution is 2.48. The lowest BCUT2D eigenvalue weighted by Gasteiger charge is -2.43. The molecule has 0 aromatic rings. The monoisotopic (exact) mass is 418 g/mol. The van der Waals surface area contributed by atoms with Gasteiger partial charge in [-0.2, -0.15) is 0 Å². The van der Waals surface area contributed by atoms with E-state index >= 15 is 0 Å². The Hall–Kier alpha value is -0.820. The summed E-state index contributed by atoms with van der Waals surface area (Å²) in [4.78, 5) is 0. The molecule has 0 aromatic heterocycles. The van der Waals surface area contributed by atoms with Crippen LogP contribution in [0.25, 0.3) is 0 Å². The number of allylic oxidation sites excluding steroid dienone is 1. The fourth-order valence-corrected chi connectivity index (χ4v) is 4.44. The van der Waals surface area contributed by atoms with Gasteiger partial charge in [0.25, 0.3) is 0 Å². The first-order valence-corrected chi connectivity index (χ1v) is 10.2. The molecule has 9 unspecified atom stereocenters. The molecule has 2 bridgehead atoms. The zero-order valence-corrected chi connectivity index (χ0v) is 16.0. The average molecular weight is 418 g/mol. The van der Waals surface area contributed by atoms with Crippen molar-refractivity contribution >= 4 is 0 Å². The predicted octanol–water partition coefficient (Wildman–Crippen LogP) is -2.03. The topological polar surface area (TPSA) is 158 Å². The van der Waals surface area contributed by atoms with Gasteiger partial charge < -0.3 is 49.6 Å². The lowest BCUT2D eigenvalue weighted by molar-refractivity contribution is -0.313. The molecule has 10 heteroatoms. The van der Waals surface area contributed by atoms with E-state index in [-0.39, 0.29) is 13.2 Å². The van der Waals surface area contributed by atoms with Gasteiger partial charge in [0.15, 0.2) is 6.29 Å². The van der Waals surface area contributed by atoms with Crippen molar-refractivity contribution in [3.8, 4) is 0 Å². The molecule has 166 valence electrons. The number of aliphatic hydroxyl groups excluding tert-OH is 6. The fourth-order valence-electron chi connectivity index (χ4n) is 4.44. The Labute approximate surface area is 168 Å². The number of rotatable bonds is 5. The van der Waals surface area contributed by atoms with Gasteiger partial charge in [-0.3, -0.25) is 0 Å². The molecular weight excluding hydrogens is 388 g/mol. The van der Waals surface area contributed by atoms with E-state index in [4.69, 9.17) is 18.9 Å². The van der Waals surface area contributed by atoms with E-state index in [2.05, 4.69) is 0 Å². The minimum atomic E-state index is -1.51. The van der Waals surface area contributed by atoms with Crippen molar-refractivity contribution < 1.29 is 49.6 Å². The summed E-state index contributed by atoms with van der Waals surface area (Å²) in [5, 5.41) is 59.7. The Kier molecular flexibility index (Phi) is 6.45. The minimum Gasteiger partial charge on any atom is -0.470 e. The molecule has 6 N–H and O–H groups in total. The van der Waals surface area contributed by atoms with Crippen molar-refractivity contribution in [2.24, 2.45) is 11.8 Å². The van der Waals surface area contributed by atoms with Gasteiger partial charge in [-0.15, -0.1) is 0 Å². The summed E-state index contributed by atoms with van der Waals surface area (Å²) >= 11 is 0. The van der Waals surface area contributed by atoms with Crippen LogP contribution in [0, 0.1) is 11.8 Å². The summed E-state index contributed by atoms with van der Waals surface area (Å²) in [6.45, 7) is -0.518. The zero-order valence-electron chi connectivity index (χ0n) is 16.0. The minimum absolute atomic E-state index is 0.223. The maximum atomic E-state index is 10.2. The van der Waals surface area contributed by atoms with E-state index in [0.29, 0.717) is 5.92 Å². The largest absolute Gasteiger partial charge is 0.470 e. The van der Waals surface area contributed by atoms with E-state index in [0.717, 1.165) is 31.6 Å². The van der Waals surface area contributed by atoms with Crippen molar-refractivity contribution in [1.82, 2.24) is 0 Å². The van der Waals surface area contributed by atoms with Gasteiger partial charge in [0.1, 0.15) is 42.7 Å². The van der Waals surface area contributed by atoms with Gasteiger partial charge in [-0.25, -0.2) is 0 Å². The molecule has 0 spiro atoms. The Bertz CT molecular complexity index is 591. The van der Waals surface area contributed by atoms with E-state index in [1.165, 1.54) is 5.57 Å². The van der Waals surface area contributed by atoms with Crippen LogP contribution in [0.5, 0.6) is 0 Å². The molecular formula is C19H30O10. The number of fused-ring (bicyclic) bond motifs is 2. The number of hydrogen-bond acceptors (Lipinski definition) is 10. The van der Waals surface area contributed by atoms with Crippen LogP contribution in [-0.4, -0.2) is 99.2 Å². The zero-order chi connectivity index (χ0) is 20.7. The molecule has 29 heavy (non-hydrogen) atoms. The van der Waals surface area contributed by atoms with Crippen molar-refractivity contribution in [3.05, 3.63) is 11.8 Å². The predicted molar refractivity (Wildman–Crippen MR) is 95.0 cm³/mol. The molecule has 9 atom stereocenters. The molecule has 10 nitrogen and oxygen atoms in total. The summed E-state index contributed by atoms with van der Waals surface area (Å²) in [5.74, 6) is 1.32. The molecule has 2 saturated heterocycles. The Morgan fingerprint density at radius 2 is 1.62 bits per heavy atom. The lowest BCUT2D eigenvalue weighted by atomic mass is 9.63. The first-order chi connectivity index (χ1) is 13.8. The molecule has 2 aliphatic heterocycles. The summed E-state index contributed by atoms with van der Waals surface area (Å²) in [7, 11) is 0. The van der Waals surface area contributed by atoms with Crippen molar-refractivity contribution in [2.45, 2.75) is 81.0 Å². The Balaban J connectivity index is 1.33. The van der Waals surface area contributed by atoms with Crippen LogP contribution in [0.3, 0.4) is 0 Å². The molecule has 0 aromatic carbocycles. The summed E-state index contributed by atoms with van der Waals surface area (Å²) < 4.78 is 21.7. The average Bonchev–Trinajstić information content (AvgIpc) is 2.70. The van der Waals surface area contributed by atoms with Gasteiger partial charge in [-0.05, 0) is 43.1 Å². The van der Waals surface area contributed by atoms with Crippen LogP contribution < -0.4 is 0 Å². The first kappa shape index (κ1) is 21.4. The first-order valence-electron chi connectivity index (χ1n) is 10.2. The summed E-state index contributed by atoms with van der Waals surface area (Å²) in [6, 6.07) is 0. The third-order valence-corrected chi connectivity index (χ3v) is 6.50. The molecule has 3 aliphatic carbocycles. The Morgan fingerprint density at radius 3 is 2.31 bits per heavy atom. The molecule has 0 amide bonds. The Morgan fingerprint density at radius 1 is 0.897 bits per heavy atom. The summed E-state index contributed by atoms with van der Waals surface area (Å²) in [6.07, 6.45) is -6.02. The second-order valence-corrected chi connectivity index (χ2v) is 8.50. The molecule has 2 heterocycles. The standard InChI is InChI=1S/C19H30O10/c20-11-6-27-18(16(24)13(11)21)28-7-12-14(22)15(23)17(25)19(29-12)26-5-9-2-1-8-3-10(9)4-8/h5,8,10-25H,1-4,6-7H2. The van der Waals surface area contributed by atoms with Crippen molar-refractivity contribution in [2.75, 3.05) is 13.2 Å². The van der Waals surface area contributed by atoms with Crippen LogP contribution in [0.15, 0.2) is 11.8 Å². The van der Waals surface area contributed by atoms with Crippen molar-refractivity contribution in [3.63, 3.8) is 0 Å². The second kappa shape index (κ2) is 8.74. The molecule has 3 saturated carbocycles. The van der Waals surface area contributed by atoms with E-state index < -0.39 is 55.3 Å². The van der Waals surface area contributed by atoms with E-state index in [1.807, 2.05) is 0 Å². The van der Waals surface area contributed by atoms with Crippen LogP contribution in [0.1, 0.15) is 25.7 Å². The van der Waals surface area contributed by atoms with Gasteiger partial charge in [0.2, 0.25) is 6.29 Å². The second-order valence-electron chi connectivity index (χ2n) is 8.50. The summed E-state index contributed by atoms with van der Waals surface area (Å²) in [5.41, 5.74) is 1.17. The van der Waals surface area contributed by atoms with Crippen LogP contribution >= 0.6 is 0 Å². The van der Waals surface area contributed by atoms with Crippen LogP contribution in [0.2, 0.25) is 0 Å². The van der Waals surface area contributed by atoms with Gasteiger partial charge >= 0.3 is 0 Å². The molecule has 5 aliphatic rings. The normalized spacial score (nSPS) is 51.5. The number of hydrogen-bond donors (Lipinski definition) is 6. The maximum absolute atomic E-state index is 10.2. The SMILES string of the molecule is OC1COC(OCC2OC(OC=C3CCC4CC3C4)C(O)C(O)C2O)C(O)C1O. The quantitative estimate of drug-likeness (QED) is 0.275. The maximum Gasteiger partial charge on any atom is 0.228 e. The van der Waals surface area contributed by atoms with Crippen LogP contribution in [-0.2, 0) is 18.9 Å². The number of ether oxygens (including phenoxy) is 4. The molecule has 5 fully saturated rings. The molecule has 5 rings (SSSR count). The number of aliphatic hydroxyl groups is 6. The third-order valence-electron chi connectivity index (χ3n) is 6.50. The highest BCUT2D eigenvalue weighted by molar-refractivity contribution is 5.13. The molecule has 0 radical (unpaired) electrons. The highest BCUT2D eigenvalue weighted by Gasteiger charge is 2.46. The van der Waals surface area contributed by atoms with Gasteiger partial charge in [0, 0.05) is 0 Å². The fraction of sp³-hybridized carbons (Fsp3) is 0.895. The van der Waals surface area contributed by atoms with Gasteiger partial charge in [-0.1, -0.05) is 0 Å². The van der Waals surface area contributed by atoms with Crippen molar-refractivity contribution in [1.29, 1.82) is 0 Å². The lowest BCUT2D eigenvalue weighted by Crippen LogP contribution is -2.60.